The molecule has 0 spiro atoms. The van der Waals surface area contributed by atoms with Gasteiger partial charge in [-0.2, -0.15) is 0 Å². The van der Waals surface area contributed by atoms with Crippen molar-refractivity contribution in [3.05, 3.63) is 83.9 Å². The first-order chi connectivity index (χ1) is 13.3. The number of hydrogen-bond donors (Lipinski definition) is 0. The summed E-state index contributed by atoms with van der Waals surface area (Å²) in [4.78, 5) is 6.20. The molecule has 0 saturated carbocycles. The van der Waals surface area contributed by atoms with Gasteiger partial charge >= 0.3 is 0 Å². The molecule has 1 atom stereocenters. The van der Waals surface area contributed by atoms with E-state index in [1.807, 2.05) is 30.0 Å². The first-order valence-corrected chi connectivity index (χ1v) is 9.77. The molecule has 0 radical (unpaired) electrons. The summed E-state index contributed by atoms with van der Waals surface area (Å²) in [5.74, 6) is 1.50. The molecule has 1 aliphatic heterocycles. The van der Waals surface area contributed by atoms with Gasteiger partial charge in [0.1, 0.15) is 0 Å². The van der Waals surface area contributed by atoms with Gasteiger partial charge in [-0.15, -0.1) is 11.8 Å². The fourth-order valence-electron chi connectivity index (χ4n) is 3.26. The van der Waals surface area contributed by atoms with Crippen LogP contribution in [0, 0.1) is 0 Å². The topological polar surface area (TPSA) is 30.8 Å². The molecule has 0 amide bonds. The summed E-state index contributed by atoms with van der Waals surface area (Å²) < 4.78 is 10.9. The molecule has 27 heavy (non-hydrogen) atoms. The van der Waals surface area contributed by atoms with Crippen molar-refractivity contribution < 1.29 is 9.47 Å². The summed E-state index contributed by atoms with van der Waals surface area (Å²) in [6.07, 6.45) is 0.846. The van der Waals surface area contributed by atoms with E-state index in [9.17, 15) is 0 Å². The maximum atomic E-state index is 5.52. The SMILES string of the molecule is COc1ccc([C@@H]2CC(c3ccccc3)=Nc3ccccc3S2)cc1OC. The number of ether oxygens (including phenoxy) is 2. The van der Waals surface area contributed by atoms with Crippen LogP contribution in [-0.2, 0) is 0 Å². The van der Waals surface area contributed by atoms with E-state index in [-0.39, 0.29) is 5.25 Å². The van der Waals surface area contributed by atoms with Gasteiger partial charge in [0.2, 0.25) is 0 Å². The second kappa shape index (κ2) is 7.89. The van der Waals surface area contributed by atoms with Crippen molar-refractivity contribution in [2.75, 3.05) is 14.2 Å². The zero-order valence-corrected chi connectivity index (χ0v) is 16.2. The maximum Gasteiger partial charge on any atom is 0.161 e. The first-order valence-electron chi connectivity index (χ1n) is 8.89. The number of fused-ring (bicyclic) bond motifs is 1. The summed E-state index contributed by atoms with van der Waals surface area (Å²) in [7, 11) is 3.34. The average Bonchev–Trinajstić information content (AvgIpc) is 2.93. The fraction of sp³-hybridized carbons (Fsp3) is 0.174. The highest BCUT2D eigenvalue weighted by atomic mass is 32.2. The largest absolute Gasteiger partial charge is 0.493 e. The number of thioether (sulfide) groups is 1. The zero-order valence-electron chi connectivity index (χ0n) is 15.4. The highest BCUT2D eigenvalue weighted by Crippen LogP contribution is 2.46. The van der Waals surface area contributed by atoms with Gasteiger partial charge in [-0.3, -0.25) is 4.99 Å². The Morgan fingerprint density at radius 1 is 0.852 bits per heavy atom. The molecule has 4 heteroatoms. The molecule has 0 bridgehead atoms. The van der Waals surface area contributed by atoms with Crippen LogP contribution in [0.4, 0.5) is 5.69 Å². The molecule has 0 aromatic heterocycles. The third-order valence-electron chi connectivity index (χ3n) is 4.66. The third kappa shape index (κ3) is 3.71. The van der Waals surface area contributed by atoms with Crippen LogP contribution in [-0.4, -0.2) is 19.9 Å². The van der Waals surface area contributed by atoms with E-state index in [1.54, 1.807) is 14.2 Å². The van der Waals surface area contributed by atoms with Crippen LogP contribution in [0.1, 0.15) is 22.8 Å². The molecule has 0 fully saturated rings. The Bertz CT molecular complexity index is 969. The molecule has 1 heterocycles. The minimum Gasteiger partial charge on any atom is -0.493 e. The molecule has 136 valence electrons. The Morgan fingerprint density at radius 2 is 1.59 bits per heavy atom. The molecule has 4 rings (SSSR count). The normalized spacial score (nSPS) is 16.1. The lowest BCUT2D eigenvalue weighted by Gasteiger charge is -2.18. The van der Waals surface area contributed by atoms with E-state index in [4.69, 9.17) is 14.5 Å². The van der Waals surface area contributed by atoms with E-state index in [1.165, 1.54) is 16.0 Å². The van der Waals surface area contributed by atoms with Gasteiger partial charge in [0.05, 0.1) is 19.9 Å². The van der Waals surface area contributed by atoms with Gasteiger partial charge < -0.3 is 9.47 Å². The zero-order chi connectivity index (χ0) is 18.6. The minimum atomic E-state index is 0.243. The van der Waals surface area contributed by atoms with Gasteiger partial charge in [-0.1, -0.05) is 48.5 Å². The monoisotopic (exact) mass is 375 g/mol. The second-order valence-electron chi connectivity index (χ2n) is 6.32. The van der Waals surface area contributed by atoms with Gasteiger partial charge in [0, 0.05) is 22.3 Å². The molecule has 1 aliphatic rings. The van der Waals surface area contributed by atoms with Crippen LogP contribution >= 0.6 is 11.8 Å². The van der Waals surface area contributed by atoms with Crippen molar-refractivity contribution in [1.82, 2.24) is 0 Å². The summed E-state index contributed by atoms with van der Waals surface area (Å²) in [6, 6.07) is 24.9. The van der Waals surface area contributed by atoms with E-state index < -0.39 is 0 Å². The van der Waals surface area contributed by atoms with E-state index >= 15 is 0 Å². The smallest absolute Gasteiger partial charge is 0.161 e. The Balaban J connectivity index is 1.78. The summed E-state index contributed by atoms with van der Waals surface area (Å²) in [5, 5.41) is 0.243. The van der Waals surface area contributed by atoms with Gasteiger partial charge in [-0.05, 0) is 35.4 Å². The quantitative estimate of drug-likeness (QED) is 0.555. The highest BCUT2D eigenvalue weighted by molar-refractivity contribution is 7.99. The standard InChI is InChI=1S/C23H21NO2S/c1-25-20-13-12-17(14-21(20)26-2)23-15-19(16-8-4-3-5-9-16)24-18-10-6-7-11-22(18)27-23/h3-14,23H,15H2,1-2H3/t23-/m0/s1. The Morgan fingerprint density at radius 3 is 2.37 bits per heavy atom. The number of hydrogen-bond acceptors (Lipinski definition) is 4. The molecular weight excluding hydrogens is 354 g/mol. The summed E-state index contributed by atoms with van der Waals surface area (Å²) in [5.41, 5.74) is 4.51. The van der Waals surface area contributed by atoms with Crippen LogP contribution in [0.2, 0.25) is 0 Å². The van der Waals surface area contributed by atoms with Gasteiger partial charge in [0.25, 0.3) is 0 Å². The van der Waals surface area contributed by atoms with Crippen LogP contribution in [0.25, 0.3) is 0 Å². The number of rotatable bonds is 4. The molecule has 3 nitrogen and oxygen atoms in total. The lowest BCUT2D eigenvalue weighted by Crippen LogP contribution is -2.05. The van der Waals surface area contributed by atoms with E-state index in [0.717, 1.165) is 29.3 Å². The molecular formula is C23H21NO2S. The molecule has 3 aromatic carbocycles. The van der Waals surface area contributed by atoms with Crippen molar-refractivity contribution >= 4 is 23.2 Å². The number of benzene rings is 3. The molecule has 0 unspecified atom stereocenters. The van der Waals surface area contributed by atoms with Crippen molar-refractivity contribution in [1.29, 1.82) is 0 Å². The number of para-hydroxylation sites is 1. The van der Waals surface area contributed by atoms with Crippen molar-refractivity contribution in [3.8, 4) is 11.5 Å². The number of aliphatic imine (C=N–C) groups is 1. The Hall–Kier alpha value is -2.72. The number of methoxy groups -OCH3 is 2. The lowest BCUT2D eigenvalue weighted by molar-refractivity contribution is 0.354. The lowest BCUT2D eigenvalue weighted by atomic mass is 10.0. The van der Waals surface area contributed by atoms with Crippen LogP contribution < -0.4 is 9.47 Å². The maximum absolute atomic E-state index is 5.52. The van der Waals surface area contributed by atoms with Crippen LogP contribution in [0.15, 0.2) is 82.7 Å². The van der Waals surface area contributed by atoms with E-state index in [0.29, 0.717) is 0 Å². The van der Waals surface area contributed by atoms with Crippen molar-refractivity contribution in [2.24, 2.45) is 4.99 Å². The molecule has 0 saturated heterocycles. The molecule has 3 aromatic rings. The molecule has 0 N–H and O–H groups in total. The second-order valence-corrected chi connectivity index (χ2v) is 7.56. The average molecular weight is 375 g/mol. The predicted octanol–water partition coefficient (Wildman–Crippen LogP) is 6.06. The first kappa shape index (κ1) is 17.7. The van der Waals surface area contributed by atoms with Crippen LogP contribution in [0.3, 0.4) is 0 Å². The third-order valence-corrected chi connectivity index (χ3v) is 5.98. The van der Waals surface area contributed by atoms with Gasteiger partial charge in [-0.25, -0.2) is 0 Å². The fourth-order valence-corrected chi connectivity index (χ4v) is 4.48. The Kier molecular flexibility index (Phi) is 5.16. The van der Waals surface area contributed by atoms with E-state index in [2.05, 4.69) is 54.6 Å². The minimum absolute atomic E-state index is 0.243. The van der Waals surface area contributed by atoms with Gasteiger partial charge in [0.15, 0.2) is 11.5 Å². The van der Waals surface area contributed by atoms with Crippen LogP contribution in [0.5, 0.6) is 11.5 Å². The van der Waals surface area contributed by atoms with Crippen molar-refractivity contribution in [2.45, 2.75) is 16.6 Å². The summed E-state index contributed by atoms with van der Waals surface area (Å²) in [6.45, 7) is 0. The molecule has 0 aliphatic carbocycles. The Labute approximate surface area is 164 Å². The predicted molar refractivity (Wildman–Crippen MR) is 112 cm³/mol. The van der Waals surface area contributed by atoms with Crippen molar-refractivity contribution in [3.63, 3.8) is 0 Å². The highest BCUT2D eigenvalue weighted by Gasteiger charge is 2.23. The summed E-state index contributed by atoms with van der Waals surface area (Å²) >= 11 is 1.85. The number of nitrogens with zero attached hydrogens (tertiary/aromatic N) is 1.